The molecule has 0 bridgehead atoms. The van der Waals surface area contributed by atoms with E-state index in [-0.39, 0.29) is 46.1 Å². The summed E-state index contributed by atoms with van der Waals surface area (Å²) in [5, 5.41) is 23.0. The number of fused-ring (bicyclic) bond motifs is 5. The molecule has 0 unspecified atom stereocenters. The van der Waals surface area contributed by atoms with Crippen LogP contribution in [0.3, 0.4) is 0 Å². The van der Waals surface area contributed by atoms with Crippen LogP contribution in [0.2, 0.25) is 0 Å². The summed E-state index contributed by atoms with van der Waals surface area (Å²) in [5.74, 6) is 3.67. The lowest BCUT2D eigenvalue weighted by molar-refractivity contribution is -0.154. The van der Waals surface area contributed by atoms with Gasteiger partial charge in [-0.1, -0.05) is 47.5 Å². The highest BCUT2D eigenvalue weighted by atomic mass is 16.3. The lowest BCUT2D eigenvalue weighted by Gasteiger charge is -2.59. The number of carbonyl (C=O) groups is 2. The molecule has 5 aliphatic carbocycles. The summed E-state index contributed by atoms with van der Waals surface area (Å²) in [7, 11) is 0. The largest absolute Gasteiger partial charge is 0.393 e. The molecule has 0 spiro atoms. The first-order valence-electron chi connectivity index (χ1n) is 13.6. The van der Waals surface area contributed by atoms with Crippen molar-refractivity contribution in [3.8, 4) is 0 Å². The molecule has 33 heavy (non-hydrogen) atoms. The molecule has 0 amide bonds. The first kappa shape index (κ1) is 23.7. The quantitative estimate of drug-likeness (QED) is 0.613. The minimum absolute atomic E-state index is 0.0652. The van der Waals surface area contributed by atoms with Gasteiger partial charge >= 0.3 is 0 Å². The predicted molar refractivity (Wildman–Crippen MR) is 128 cm³/mol. The van der Waals surface area contributed by atoms with Crippen LogP contribution >= 0.6 is 0 Å². The summed E-state index contributed by atoms with van der Waals surface area (Å²) in [6, 6.07) is 0. The van der Waals surface area contributed by atoms with Gasteiger partial charge < -0.3 is 10.2 Å². The summed E-state index contributed by atoms with van der Waals surface area (Å²) in [6.07, 6.45) is 7.42. The number of allylic oxidation sites excluding steroid dienone is 1. The maximum Gasteiger partial charge on any atom is 0.159 e. The molecular formula is C29H44O4. The van der Waals surface area contributed by atoms with Gasteiger partial charge in [0.1, 0.15) is 0 Å². The van der Waals surface area contributed by atoms with Gasteiger partial charge in [0.2, 0.25) is 0 Å². The van der Waals surface area contributed by atoms with Crippen LogP contribution in [0.15, 0.2) is 11.6 Å². The topological polar surface area (TPSA) is 74.6 Å². The van der Waals surface area contributed by atoms with Gasteiger partial charge in [0.05, 0.1) is 12.2 Å². The number of hydrogen-bond acceptors (Lipinski definition) is 4. The molecular weight excluding hydrogens is 412 g/mol. The average molecular weight is 457 g/mol. The molecule has 184 valence electrons. The molecule has 0 aromatic carbocycles. The van der Waals surface area contributed by atoms with E-state index in [1.54, 1.807) is 6.08 Å². The number of carbonyl (C=O) groups excluding carboxylic acids is 2. The lowest BCUT2D eigenvalue weighted by atomic mass is 9.45. The molecule has 5 rings (SSSR count). The first-order valence-corrected chi connectivity index (χ1v) is 13.6. The third kappa shape index (κ3) is 3.53. The van der Waals surface area contributed by atoms with E-state index in [1.165, 1.54) is 12.8 Å². The molecule has 0 radical (unpaired) electrons. The van der Waals surface area contributed by atoms with E-state index in [0.29, 0.717) is 43.6 Å². The fourth-order valence-corrected chi connectivity index (χ4v) is 9.47. The number of hydrogen-bond donors (Lipinski definition) is 2. The van der Waals surface area contributed by atoms with Gasteiger partial charge in [-0.15, -0.1) is 0 Å². The van der Waals surface area contributed by atoms with Crippen molar-refractivity contribution < 1.29 is 19.8 Å². The monoisotopic (exact) mass is 456 g/mol. The highest BCUT2D eigenvalue weighted by molar-refractivity contribution is 6.05. The normalized spacial score (nSPS) is 50.7. The fraction of sp³-hybridized carbons (Fsp3) is 0.862. The van der Waals surface area contributed by atoms with E-state index in [9.17, 15) is 19.8 Å². The summed E-state index contributed by atoms with van der Waals surface area (Å²) >= 11 is 0. The van der Waals surface area contributed by atoms with E-state index >= 15 is 0 Å². The van der Waals surface area contributed by atoms with Crippen LogP contribution in [0.25, 0.3) is 0 Å². The highest BCUT2D eigenvalue weighted by Gasteiger charge is 2.66. The van der Waals surface area contributed by atoms with Gasteiger partial charge in [-0.25, -0.2) is 0 Å². The molecule has 4 fully saturated rings. The van der Waals surface area contributed by atoms with Gasteiger partial charge in [0, 0.05) is 23.8 Å². The fourth-order valence-electron chi connectivity index (χ4n) is 9.47. The third-order valence-corrected chi connectivity index (χ3v) is 11.6. The standard InChI is InChI=1S/C29H44O4/c1-15(19-10-17(19)3)6-7-16(2)27-25(32)13-22-20-12-24(31)23-11-18(30)8-9-28(23,4)21(20)14-26(33)29(22,27)5/h11,15-17,19-22,25-27,32-33H,6-10,12-14H2,1-5H3/t15-,16-,17-,19+,20-,21+,22+,25-,26+,27+,28-,29-/m1/s1. The van der Waals surface area contributed by atoms with Crippen molar-refractivity contribution in [1.29, 1.82) is 0 Å². The maximum atomic E-state index is 13.2. The molecule has 0 aliphatic heterocycles. The number of Topliss-reactive ketones (excluding diaryl/α,β-unsaturated/α-hetero) is 1. The zero-order chi connectivity index (χ0) is 23.9. The average Bonchev–Trinajstić information content (AvgIpc) is 3.41. The van der Waals surface area contributed by atoms with Crippen LogP contribution < -0.4 is 0 Å². The Morgan fingerprint density at radius 1 is 1.03 bits per heavy atom. The summed E-state index contributed by atoms with van der Waals surface area (Å²) in [5.41, 5.74) is 0.0438. The zero-order valence-corrected chi connectivity index (χ0v) is 21.2. The second-order valence-electron chi connectivity index (χ2n) is 13.3. The Morgan fingerprint density at radius 3 is 2.36 bits per heavy atom. The number of rotatable bonds is 5. The van der Waals surface area contributed by atoms with Crippen molar-refractivity contribution >= 4 is 11.6 Å². The Balaban J connectivity index is 1.39. The SMILES string of the molecule is C[C@H](CC[C@@H](C)[C@H]1[C@H](O)C[C@H]2[C@@H]3CC(=O)C4=CC(=O)CC[C@]4(C)[C@H]3C[C@H](O)[C@]12C)[C@@H]1C[C@H]1C. The Labute approximate surface area is 199 Å². The van der Waals surface area contributed by atoms with Gasteiger partial charge in [-0.2, -0.15) is 0 Å². The second-order valence-corrected chi connectivity index (χ2v) is 13.3. The van der Waals surface area contributed by atoms with Crippen LogP contribution in [0.4, 0.5) is 0 Å². The minimum Gasteiger partial charge on any atom is -0.393 e. The van der Waals surface area contributed by atoms with Crippen LogP contribution in [0.1, 0.15) is 86.0 Å². The van der Waals surface area contributed by atoms with E-state index < -0.39 is 12.2 Å². The zero-order valence-electron chi connectivity index (χ0n) is 21.2. The second kappa shape index (κ2) is 8.01. The van der Waals surface area contributed by atoms with E-state index in [1.807, 2.05) is 0 Å². The first-order chi connectivity index (χ1) is 15.5. The molecule has 0 heterocycles. The van der Waals surface area contributed by atoms with Gasteiger partial charge in [-0.05, 0) is 84.5 Å². The Bertz CT molecular complexity index is 862. The lowest BCUT2D eigenvalue weighted by Crippen LogP contribution is -2.58. The third-order valence-electron chi connectivity index (χ3n) is 11.6. The number of ketones is 2. The van der Waals surface area contributed by atoms with Crippen molar-refractivity contribution in [2.24, 2.45) is 58.2 Å². The molecule has 2 N–H and O–H groups in total. The molecule has 4 heteroatoms. The summed E-state index contributed by atoms with van der Waals surface area (Å²) < 4.78 is 0. The molecule has 0 aromatic heterocycles. The van der Waals surface area contributed by atoms with Crippen LogP contribution in [0, 0.1) is 58.2 Å². The van der Waals surface area contributed by atoms with Crippen LogP contribution in [-0.2, 0) is 9.59 Å². The van der Waals surface area contributed by atoms with Crippen molar-refractivity contribution in [3.63, 3.8) is 0 Å². The number of aliphatic hydroxyl groups is 2. The molecule has 0 aromatic rings. The smallest absolute Gasteiger partial charge is 0.159 e. The summed E-state index contributed by atoms with van der Waals surface area (Å²) in [4.78, 5) is 25.3. The minimum atomic E-state index is -0.474. The molecule has 4 saturated carbocycles. The molecule has 5 aliphatic rings. The van der Waals surface area contributed by atoms with Crippen LogP contribution in [-0.4, -0.2) is 34.0 Å². The Kier molecular flexibility index (Phi) is 5.76. The highest BCUT2D eigenvalue weighted by Crippen LogP contribution is 2.67. The van der Waals surface area contributed by atoms with E-state index in [0.717, 1.165) is 24.2 Å². The van der Waals surface area contributed by atoms with E-state index in [2.05, 4.69) is 34.6 Å². The van der Waals surface area contributed by atoms with Crippen molar-refractivity contribution in [1.82, 2.24) is 0 Å². The van der Waals surface area contributed by atoms with Crippen molar-refractivity contribution in [3.05, 3.63) is 11.6 Å². The molecule has 12 atom stereocenters. The van der Waals surface area contributed by atoms with Gasteiger partial charge in [0.15, 0.2) is 11.6 Å². The van der Waals surface area contributed by atoms with Gasteiger partial charge in [-0.3, -0.25) is 9.59 Å². The van der Waals surface area contributed by atoms with Crippen molar-refractivity contribution in [2.75, 3.05) is 0 Å². The molecule has 4 nitrogen and oxygen atoms in total. The van der Waals surface area contributed by atoms with Crippen molar-refractivity contribution in [2.45, 2.75) is 98.2 Å². The Hall–Kier alpha value is -1.00. The molecule has 0 saturated heterocycles. The van der Waals surface area contributed by atoms with Crippen LogP contribution in [0.5, 0.6) is 0 Å². The predicted octanol–water partition coefficient (Wildman–Crippen LogP) is 4.96. The van der Waals surface area contributed by atoms with Gasteiger partial charge in [0.25, 0.3) is 0 Å². The maximum absolute atomic E-state index is 13.2. The number of aliphatic hydroxyl groups excluding tert-OH is 2. The Morgan fingerprint density at radius 2 is 1.70 bits per heavy atom. The van der Waals surface area contributed by atoms with E-state index in [4.69, 9.17) is 0 Å². The summed E-state index contributed by atoms with van der Waals surface area (Å²) in [6.45, 7) is 11.4.